The molecule has 5 nitrogen and oxygen atoms in total. The zero-order valence-electron chi connectivity index (χ0n) is 11.2. The Morgan fingerprint density at radius 2 is 2.26 bits per heavy atom. The van der Waals surface area contributed by atoms with Crippen LogP contribution in [0.15, 0.2) is 5.38 Å². The molecule has 0 saturated heterocycles. The lowest BCUT2D eigenvalue weighted by molar-refractivity contribution is -0.119. The quantitative estimate of drug-likeness (QED) is 0.723. The van der Waals surface area contributed by atoms with Crippen molar-refractivity contribution < 1.29 is 9.90 Å². The van der Waals surface area contributed by atoms with Gasteiger partial charge in [-0.15, -0.1) is 11.3 Å². The van der Waals surface area contributed by atoms with Crippen molar-refractivity contribution in [2.75, 3.05) is 13.7 Å². The summed E-state index contributed by atoms with van der Waals surface area (Å²) in [4.78, 5) is 15.7. The second-order valence-electron chi connectivity index (χ2n) is 5.08. The lowest BCUT2D eigenvalue weighted by atomic mass is 9.99. The molecule has 2 rings (SSSR count). The van der Waals surface area contributed by atoms with E-state index in [1.807, 2.05) is 5.38 Å². The Hall–Kier alpha value is -0.980. The third-order valence-electron chi connectivity index (χ3n) is 3.70. The first kappa shape index (κ1) is 14.4. The molecular formula is C13H21N3O2S. The first-order valence-corrected chi connectivity index (χ1v) is 7.55. The number of rotatable bonds is 6. The smallest absolute Gasteiger partial charge is 0.226 e. The molecule has 0 aliphatic heterocycles. The van der Waals surface area contributed by atoms with Crippen LogP contribution >= 0.6 is 11.3 Å². The van der Waals surface area contributed by atoms with Gasteiger partial charge in [0.1, 0.15) is 5.01 Å². The van der Waals surface area contributed by atoms with Crippen LogP contribution in [0.3, 0.4) is 0 Å². The van der Waals surface area contributed by atoms with Crippen LogP contribution in [0.1, 0.15) is 36.4 Å². The zero-order valence-corrected chi connectivity index (χ0v) is 12.1. The fourth-order valence-corrected chi connectivity index (χ4v) is 3.25. The highest BCUT2D eigenvalue weighted by atomic mass is 32.1. The van der Waals surface area contributed by atoms with E-state index in [0.717, 1.165) is 23.5 Å². The van der Waals surface area contributed by atoms with E-state index in [0.29, 0.717) is 13.0 Å². The Bertz CT molecular complexity index is 427. The van der Waals surface area contributed by atoms with Gasteiger partial charge in [-0.25, -0.2) is 4.98 Å². The van der Waals surface area contributed by atoms with Gasteiger partial charge in [-0.2, -0.15) is 0 Å². The Labute approximate surface area is 117 Å². The third kappa shape index (κ3) is 3.75. The molecule has 1 aromatic heterocycles. The Balaban J connectivity index is 1.87. The maximum Gasteiger partial charge on any atom is 0.226 e. The SMILES string of the molecule is CNC(=O)Cc1nc(CNC2(CO)CCCC2)cs1. The molecule has 0 radical (unpaired) electrons. The number of aliphatic hydroxyl groups is 1. The predicted molar refractivity (Wildman–Crippen MR) is 75.0 cm³/mol. The molecule has 1 aliphatic rings. The van der Waals surface area contributed by atoms with Crippen LogP contribution in [0.2, 0.25) is 0 Å². The summed E-state index contributed by atoms with van der Waals surface area (Å²) in [5.41, 5.74) is 0.827. The molecule has 1 aromatic rings. The summed E-state index contributed by atoms with van der Waals surface area (Å²) in [6, 6.07) is 0. The molecule has 1 fully saturated rings. The van der Waals surface area contributed by atoms with Crippen molar-refractivity contribution in [2.45, 2.75) is 44.2 Å². The van der Waals surface area contributed by atoms with Crippen molar-refractivity contribution in [3.63, 3.8) is 0 Å². The summed E-state index contributed by atoms with van der Waals surface area (Å²) in [5.74, 6) is -0.0171. The lowest BCUT2D eigenvalue weighted by Gasteiger charge is -2.27. The molecule has 6 heteroatoms. The molecule has 0 spiro atoms. The molecule has 1 saturated carbocycles. The third-order valence-corrected chi connectivity index (χ3v) is 4.60. The van der Waals surface area contributed by atoms with Crippen molar-refractivity contribution in [2.24, 2.45) is 0 Å². The van der Waals surface area contributed by atoms with E-state index in [2.05, 4.69) is 15.6 Å². The molecule has 1 amide bonds. The first-order valence-electron chi connectivity index (χ1n) is 6.67. The van der Waals surface area contributed by atoms with Crippen LogP contribution in [0.4, 0.5) is 0 Å². The van der Waals surface area contributed by atoms with E-state index < -0.39 is 0 Å². The van der Waals surface area contributed by atoms with Crippen molar-refractivity contribution in [3.05, 3.63) is 16.1 Å². The number of carbonyl (C=O) groups is 1. The number of carbonyl (C=O) groups excluding carboxylic acids is 1. The molecule has 0 unspecified atom stereocenters. The molecule has 0 bridgehead atoms. The molecule has 0 aromatic carbocycles. The Morgan fingerprint density at radius 1 is 1.53 bits per heavy atom. The van der Waals surface area contributed by atoms with E-state index in [4.69, 9.17) is 0 Å². The highest BCUT2D eigenvalue weighted by molar-refractivity contribution is 7.09. The summed E-state index contributed by atoms with van der Waals surface area (Å²) < 4.78 is 0. The molecule has 106 valence electrons. The summed E-state index contributed by atoms with van der Waals surface area (Å²) in [5, 5.41) is 18.4. The van der Waals surface area contributed by atoms with E-state index in [-0.39, 0.29) is 18.1 Å². The van der Waals surface area contributed by atoms with Crippen LogP contribution < -0.4 is 10.6 Å². The van der Waals surface area contributed by atoms with Gasteiger partial charge in [0.2, 0.25) is 5.91 Å². The monoisotopic (exact) mass is 283 g/mol. The fourth-order valence-electron chi connectivity index (χ4n) is 2.46. The minimum absolute atomic E-state index is 0.0171. The van der Waals surface area contributed by atoms with Gasteiger partial charge in [0, 0.05) is 24.5 Å². The van der Waals surface area contributed by atoms with E-state index >= 15 is 0 Å². The Kier molecular flexibility index (Phi) is 4.90. The topological polar surface area (TPSA) is 74.2 Å². The highest BCUT2D eigenvalue weighted by Crippen LogP contribution is 2.29. The van der Waals surface area contributed by atoms with E-state index in [1.165, 1.54) is 24.2 Å². The van der Waals surface area contributed by atoms with Gasteiger partial charge in [-0.05, 0) is 12.8 Å². The maximum absolute atomic E-state index is 11.3. The molecule has 19 heavy (non-hydrogen) atoms. The van der Waals surface area contributed by atoms with Crippen LogP contribution in [0, 0.1) is 0 Å². The second kappa shape index (κ2) is 6.45. The van der Waals surface area contributed by atoms with Crippen LogP contribution in [-0.4, -0.2) is 35.2 Å². The van der Waals surface area contributed by atoms with Crippen molar-refractivity contribution in [1.29, 1.82) is 0 Å². The van der Waals surface area contributed by atoms with Gasteiger partial charge in [-0.3, -0.25) is 4.79 Å². The van der Waals surface area contributed by atoms with Gasteiger partial charge < -0.3 is 15.7 Å². The van der Waals surface area contributed by atoms with Gasteiger partial charge in [-0.1, -0.05) is 12.8 Å². The lowest BCUT2D eigenvalue weighted by Crippen LogP contribution is -2.45. The number of thiazole rings is 1. The zero-order chi connectivity index (χ0) is 13.7. The largest absolute Gasteiger partial charge is 0.394 e. The van der Waals surface area contributed by atoms with E-state index in [9.17, 15) is 9.90 Å². The molecule has 0 atom stereocenters. The van der Waals surface area contributed by atoms with Crippen LogP contribution in [0.25, 0.3) is 0 Å². The average molecular weight is 283 g/mol. The van der Waals surface area contributed by atoms with Crippen molar-refractivity contribution >= 4 is 17.2 Å². The molecule has 1 heterocycles. The molecule has 3 N–H and O–H groups in total. The number of hydrogen-bond acceptors (Lipinski definition) is 5. The first-order chi connectivity index (χ1) is 9.17. The van der Waals surface area contributed by atoms with E-state index in [1.54, 1.807) is 7.05 Å². The number of likely N-dealkylation sites (N-methyl/N-ethyl adjacent to an activating group) is 1. The van der Waals surface area contributed by atoms with Crippen molar-refractivity contribution in [3.8, 4) is 0 Å². The van der Waals surface area contributed by atoms with Crippen LogP contribution in [0.5, 0.6) is 0 Å². The van der Waals surface area contributed by atoms with Crippen molar-refractivity contribution in [1.82, 2.24) is 15.6 Å². The van der Waals surface area contributed by atoms with Gasteiger partial charge >= 0.3 is 0 Å². The predicted octanol–water partition coefficient (Wildman–Crippen LogP) is 0.826. The number of aromatic nitrogens is 1. The summed E-state index contributed by atoms with van der Waals surface area (Å²) in [7, 11) is 1.63. The summed E-state index contributed by atoms with van der Waals surface area (Å²) in [6.45, 7) is 0.840. The van der Waals surface area contributed by atoms with Gasteiger partial charge in [0.05, 0.1) is 18.7 Å². The number of nitrogens with one attached hydrogen (secondary N) is 2. The number of nitrogens with zero attached hydrogens (tertiary/aromatic N) is 1. The second-order valence-corrected chi connectivity index (χ2v) is 6.02. The number of aliphatic hydroxyl groups excluding tert-OH is 1. The number of hydrogen-bond donors (Lipinski definition) is 3. The van der Waals surface area contributed by atoms with Crippen LogP contribution in [-0.2, 0) is 17.8 Å². The minimum Gasteiger partial charge on any atom is -0.394 e. The number of amides is 1. The summed E-state index contributed by atoms with van der Waals surface area (Å²) >= 11 is 1.51. The molecule has 1 aliphatic carbocycles. The fraction of sp³-hybridized carbons (Fsp3) is 0.692. The summed E-state index contributed by atoms with van der Waals surface area (Å²) in [6.07, 6.45) is 4.74. The maximum atomic E-state index is 11.3. The van der Waals surface area contributed by atoms with Gasteiger partial charge in [0.15, 0.2) is 0 Å². The Morgan fingerprint density at radius 3 is 2.89 bits per heavy atom. The normalized spacial score (nSPS) is 17.6. The highest BCUT2D eigenvalue weighted by Gasteiger charge is 2.32. The standard InChI is InChI=1S/C13H21N3O2S/c1-14-11(18)6-12-16-10(8-19-12)7-15-13(9-17)4-2-3-5-13/h8,15,17H,2-7,9H2,1H3,(H,14,18). The average Bonchev–Trinajstić information content (AvgIpc) is 3.06. The molecular weight excluding hydrogens is 262 g/mol. The van der Waals surface area contributed by atoms with Gasteiger partial charge in [0.25, 0.3) is 0 Å². The minimum atomic E-state index is -0.120.